The van der Waals surface area contributed by atoms with Crippen molar-refractivity contribution < 1.29 is 0 Å². The van der Waals surface area contributed by atoms with Crippen molar-refractivity contribution in [3.63, 3.8) is 0 Å². The van der Waals surface area contributed by atoms with Crippen molar-refractivity contribution in [1.29, 1.82) is 0 Å². The number of hydrogen-bond acceptors (Lipinski definition) is 4. The summed E-state index contributed by atoms with van der Waals surface area (Å²) in [6.45, 7) is 0. The lowest BCUT2D eigenvalue weighted by Crippen LogP contribution is -2.00. The van der Waals surface area contributed by atoms with E-state index in [4.69, 9.17) is 20.1 Å². The number of fused-ring (bicyclic) bond motifs is 3. The van der Waals surface area contributed by atoms with Crippen LogP contribution in [0.1, 0.15) is 0 Å². The summed E-state index contributed by atoms with van der Waals surface area (Å²) in [4.78, 5) is 15.1. The first-order valence-corrected chi connectivity index (χ1v) is 20.5. The minimum Gasteiger partial charge on any atom is -0.232 e. The average molecular weight is 780 g/mol. The Balaban J connectivity index is 1.03. The third kappa shape index (κ3) is 6.84. The summed E-state index contributed by atoms with van der Waals surface area (Å²) in [6, 6.07) is 78.1. The molecule has 286 valence electrons. The normalized spacial score (nSPS) is 11.3. The predicted octanol–water partition coefficient (Wildman–Crippen LogP) is 14.0. The molecule has 0 amide bonds. The van der Waals surface area contributed by atoms with Crippen molar-refractivity contribution in [3.05, 3.63) is 224 Å². The predicted molar refractivity (Wildman–Crippen MR) is 250 cm³/mol. The van der Waals surface area contributed by atoms with E-state index >= 15 is 0 Å². The van der Waals surface area contributed by atoms with Crippen molar-refractivity contribution in [3.8, 4) is 84.5 Å². The molecule has 0 fully saturated rings. The van der Waals surface area contributed by atoms with E-state index in [0.717, 1.165) is 88.7 Å². The lowest BCUT2D eigenvalue weighted by Gasteiger charge is -2.13. The van der Waals surface area contributed by atoms with Crippen LogP contribution in [0.15, 0.2) is 224 Å². The Morgan fingerprint density at radius 3 is 1.39 bits per heavy atom. The van der Waals surface area contributed by atoms with E-state index in [1.54, 1.807) is 0 Å². The average Bonchev–Trinajstić information content (AvgIpc) is 3.76. The Morgan fingerprint density at radius 1 is 0.311 bits per heavy atom. The highest BCUT2D eigenvalue weighted by Gasteiger charge is 2.21. The second-order valence-corrected chi connectivity index (χ2v) is 15.1. The summed E-state index contributed by atoms with van der Waals surface area (Å²) in [6.07, 6.45) is 0. The monoisotopic (exact) mass is 779 g/mol. The van der Waals surface area contributed by atoms with Crippen LogP contribution in [0.25, 0.3) is 106 Å². The zero-order valence-corrected chi connectivity index (χ0v) is 33.1. The first-order chi connectivity index (χ1) is 30.2. The minimum atomic E-state index is 0.623. The molecule has 11 aromatic rings. The highest BCUT2D eigenvalue weighted by atomic mass is 15.3. The van der Waals surface area contributed by atoms with Crippen molar-refractivity contribution in [2.75, 3.05) is 0 Å². The quantitative estimate of drug-likeness (QED) is 0.154. The lowest BCUT2D eigenvalue weighted by atomic mass is 9.92. The number of nitrogens with zero attached hydrogens (tertiary/aromatic N) is 5. The molecule has 0 radical (unpaired) electrons. The van der Waals surface area contributed by atoms with Gasteiger partial charge in [-0.15, -0.1) is 0 Å². The Kier molecular flexibility index (Phi) is 9.10. The molecular formula is C56H37N5. The molecule has 9 aromatic carbocycles. The van der Waals surface area contributed by atoms with Gasteiger partial charge in [0.1, 0.15) is 5.69 Å². The van der Waals surface area contributed by atoms with E-state index in [9.17, 15) is 0 Å². The van der Waals surface area contributed by atoms with Crippen LogP contribution in [0.5, 0.6) is 0 Å². The lowest BCUT2D eigenvalue weighted by molar-refractivity contribution is 0.918. The molecule has 5 nitrogen and oxygen atoms in total. The molecule has 0 saturated heterocycles. The molecule has 0 N–H and O–H groups in total. The Morgan fingerprint density at radius 2 is 0.754 bits per heavy atom. The van der Waals surface area contributed by atoms with Crippen LogP contribution in [0.3, 0.4) is 0 Å². The Hall–Kier alpha value is -8.28. The van der Waals surface area contributed by atoms with Gasteiger partial charge in [0.05, 0.1) is 11.2 Å². The second kappa shape index (κ2) is 15.5. The number of aromatic nitrogens is 5. The fraction of sp³-hybridized carbons (Fsp3) is 0. The highest BCUT2D eigenvalue weighted by molar-refractivity contribution is 6.17. The summed E-state index contributed by atoms with van der Waals surface area (Å²) in [5.41, 5.74) is 13.7. The molecule has 0 spiro atoms. The summed E-state index contributed by atoms with van der Waals surface area (Å²) < 4.78 is 2.12. The number of hydrogen-bond donors (Lipinski definition) is 0. The first kappa shape index (κ1) is 35.8. The third-order valence-corrected chi connectivity index (χ3v) is 11.3. The molecule has 0 bridgehead atoms. The summed E-state index contributed by atoms with van der Waals surface area (Å²) in [5.74, 6) is 1.89. The van der Waals surface area contributed by atoms with Crippen LogP contribution in [-0.2, 0) is 0 Å². The molecule has 11 rings (SSSR count). The molecule has 0 aliphatic carbocycles. The number of rotatable bonds is 8. The third-order valence-electron chi connectivity index (χ3n) is 11.3. The van der Waals surface area contributed by atoms with Gasteiger partial charge in [0.2, 0.25) is 0 Å². The van der Waals surface area contributed by atoms with Gasteiger partial charge in [0.25, 0.3) is 0 Å². The molecule has 61 heavy (non-hydrogen) atoms. The second-order valence-electron chi connectivity index (χ2n) is 15.1. The van der Waals surface area contributed by atoms with Crippen LogP contribution in [0.2, 0.25) is 0 Å². The summed E-state index contributed by atoms with van der Waals surface area (Å²) in [5, 5.41) is 8.75. The summed E-state index contributed by atoms with van der Waals surface area (Å²) >= 11 is 0. The molecule has 5 heteroatoms. The van der Waals surface area contributed by atoms with Gasteiger partial charge in [-0.2, -0.15) is 5.10 Å². The molecule has 2 aromatic heterocycles. The summed E-state index contributed by atoms with van der Waals surface area (Å²) in [7, 11) is 0. The van der Waals surface area contributed by atoms with Gasteiger partial charge in [0.15, 0.2) is 17.5 Å². The topological polar surface area (TPSA) is 56.5 Å². The van der Waals surface area contributed by atoms with Crippen molar-refractivity contribution in [2.45, 2.75) is 0 Å². The molecule has 2 heterocycles. The van der Waals surface area contributed by atoms with E-state index in [1.165, 1.54) is 0 Å². The van der Waals surface area contributed by atoms with Gasteiger partial charge < -0.3 is 0 Å². The zero-order valence-electron chi connectivity index (χ0n) is 33.1. The highest BCUT2D eigenvalue weighted by Crippen LogP contribution is 2.42. The zero-order chi connectivity index (χ0) is 40.5. The van der Waals surface area contributed by atoms with Crippen LogP contribution >= 0.6 is 0 Å². The van der Waals surface area contributed by atoms with Crippen LogP contribution in [0.4, 0.5) is 0 Å². The van der Waals surface area contributed by atoms with Gasteiger partial charge in [0, 0.05) is 33.0 Å². The van der Waals surface area contributed by atoms with Gasteiger partial charge in [-0.25, -0.2) is 19.6 Å². The van der Waals surface area contributed by atoms with E-state index in [-0.39, 0.29) is 0 Å². The standard InChI is InChI=1S/C56H37N5/c1-6-17-38(18-7-1)44-25-16-26-46(35-44)56-58-54(42-23-12-4-13-24-42)57-55(59-56)43-31-29-39(30-32-43)45-33-34-49-47(36-45)37-50(40-19-8-2-9-20-40)51-52(41-21-10-3-11-22-41)60-61(53(49)51)48-27-14-5-15-28-48/h1-37H. The van der Waals surface area contributed by atoms with Gasteiger partial charge in [-0.3, -0.25) is 0 Å². The van der Waals surface area contributed by atoms with Crippen LogP contribution < -0.4 is 0 Å². The van der Waals surface area contributed by atoms with Gasteiger partial charge >= 0.3 is 0 Å². The van der Waals surface area contributed by atoms with E-state index in [0.29, 0.717) is 17.5 Å². The van der Waals surface area contributed by atoms with E-state index in [1.807, 2.05) is 42.5 Å². The fourth-order valence-electron chi connectivity index (χ4n) is 8.26. The molecule has 0 saturated carbocycles. The van der Waals surface area contributed by atoms with Crippen molar-refractivity contribution >= 4 is 21.7 Å². The maximum absolute atomic E-state index is 5.35. The van der Waals surface area contributed by atoms with E-state index in [2.05, 4.69) is 187 Å². The minimum absolute atomic E-state index is 0.623. The molecular weight excluding hydrogens is 743 g/mol. The fourth-order valence-corrected chi connectivity index (χ4v) is 8.26. The molecule has 0 aliphatic rings. The molecule has 0 aliphatic heterocycles. The first-order valence-electron chi connectivity index (χ1n) is 20.5. The Bertz CT molecular complexity index is 3310. The largest absolute Gasteiger partial charge is 0.232 e. The van der Waals surface area contributed by atoms with E-state index < -0.39 is 0 Å². The number of benzene rings is 9. The van der Waals surface area contributed by atoms with Crippen molar-refractivity contribution in [2.24, 2.45) is 0 Å². The molecule has 0 atom stereocenters. The SMILES string of the molecule is c1ccc(-c2cccc(-c3nc(-c4ccccc4)nc(-c4ccc(-c5ccc6c(c5)cc(-c5ccccc5)c5c(-c7ccccc7)nn(-c7ccccc7)c56)cc4)n3)c2)cc1. The van der Waals surface area contributed by atoms with Crippen molar-refractivity contribution in [1.82, 2.24) is 24.7 Å². The molecule has 0 unspecified atom stereocenters. The smallest absolute Gasteiger partial charge is 0.164 e. The Labute approximate surface area is 354 Å². The van der Waals surface area contributed by atoms with Crippen LogP contribution in [0, 0.1) is 0 Å². The van der Waals surface area contributed by atoms with Gasteiger partial charge in [-0.1, -0.05) is 194 Å². The van der Waals surface area contributed by atoms with Gasteiger partial charge in [-0.05, 0) is 69.1 Å². The maximum atomic E-state index is 5.35. The number of para-hydroxylation sites is 1. The maximum Gasteiger partial charge on any atom is 0.164 e. The van der Waals surface area contributed by atoms with Crippen LogP contribution in [-0.4, -0.2) is 24.7 Å².